The smallest absolute Gasteiger partial charge is 0.495 e. The average Bonchev–Trinajstić information content (AvgIpc) is 3.75. The molecule has 7 rings (SSSR count). The van der Waals surface area contributed by atoms with E-state index in [0.717, 1.165) is 44.4 Å². The van der Waals surface area contributed by atoms with Crippen molar-refractivity contribution in [2.45, 2.75) is 55.2 Å². The number of nitrogens with one attached hydrogen (secondary N) is 1. The van der Waals surface area contributed by atoms with Gasteiger partial charge in [0.15, 0.2) is 16.9 Å². The molecule has 4 heterocycles. The Morgan fingerprint density at radius 2 is 1.68 bits per heavy atom. The number of ether oxygens (including phenoxy) is 6. The van der Waals surface area contributed by atoms with Crippen molar-refractivity contribution in [1.82, 2.24) is 14.9 Å². The van der Waals surface area contributed by atoms with Gasteiger partial charge in [0.05, 0.1) is 46.8 Å². The van der Waals surface area contributed by atoms with Crippen LogP contribution in [0.1, 0.15) is 61.6 Å². The number of sulfonamides is 1. The fourth-order valence-corrected chi connectivity index (χ4v) is 7.15. The summed E-state index contributed by atoms with van der Waals surface area (Å²) < 4.78 is 73.1. The standard InChI is InChI=1S/C31H36N5O9S.Na/c1-39-24-14-20-23(15-21(24)32-28-16-22(18-7-8-18)36(33-28)29-6-4-5-9-44-29)45-34-31(20)35-46(37,38)30-25(40-2)12-19(13-26(30)41-3)27-17-42-10-11-43-27;/h12-16,18,27,29H,4-11,17H2,1-3H3,(H-,32,33,34,35);/q-1;+1/t27-,29?;/m1./s1. The number of methoxy groups -OCH3 is 3. The third-order valence-electron chi connectivity index (χ3n) is 8.36. The van der Waals surface area contributed by atoms with Gasteiger partial charge in [-0.15, -0.1) is 0 Å². The maximum atomic E-state index is 13.7. The Hall–Kier alpha value is -3.05. The average molecular weight is 678 g/mol. The molecule has 1 unspecified atom stereocenters. The van der Waals surface area contributed by atoms with Crippen molar-refractivity contribution in [1.29, 1.82) is 0 Å². The van der Waals surface area contributed by atoms with Gasteiger partial charge in [-0.2, -0.15) is 5.10 Å². The number of fused-ring (bicyclic) bond motifs is 1. The minimum absolute atomic E-state index is 0. The van der Waals surface area contributed by atoms with E-state index in [1.165, 1.54) is 21.3 Å². The van der Waals surface area contributed by atoms with Crippen molar-refractivity contribution >= 4 is 38.3 Å². The van der Waals surface area contributed by atoms with E-state index < -0.39 is 16.1 Å². The number of rotatable bonds is 11. The van der Waals surface area contributed by atoms with Crippen molar-refractivity contribution < 1.29 is 70.9 Å². The summed E-state index contributed by atoms with van der Waals surface area (Å²) in [5, 5.41) is 12.5. The van der Waals surface area contributed by atoms with Crippen LogP contribution in [-0.2, 0) is 24.2 Å². The first-order valence-corrected chi connectivity index (χ1v) is 16.7. The summed E-state index contributed by atoms with van der Waals surface area (Å²) in [7, 11) is -0.129. The summed E-state index contributed by atoms with van der Waals surface area (Å²) in [6, 6.07) is 8.53. The molecule has 1 N–H and O–H groups in total. The molecular weight excluding hydrogens is 641 g/mol. The Balaban J connectivity index is 0.00000386. The summed E-state index contributed by atoms with van der Waals surface area (Å²) in [5.41, 5.74) is 2.69. The molecule has 47 heavy (non-hydrogen) atoms. The van der Waals surface area contributed by atoms with Crippen LogP contribution in [-0.4, -0.2) is 71.1 Å². The number of nitrogens with zero attached hydrogens (tertiary/aromatic N) is 4. The summed E-state index contributed by atoms with van der Waals surface area (Å²) in [6.07, 6.45) is 4.88. The van der Waals surface area contributed by atoms with Crippen LogP contribution in [0.25, 0.3) is 15.7 Å². The molecule has 14 nitrogen and oxygen atoms in total. The van der Waals surface area contributed by atoms with E-state index in [1.54, 1.807) is 24.3 Å². The molecule has 16 heteroatoms. The van der Waals surface area contributed by atoms with Crippen LogP contribution in [0.15, 0.2) is 39.8 Å². The molecule has 0 bridgehead atoms. The zero-order valence-corrected chi connectivity index (χ0v) is 29.7. The van der Waals surface area contributed by atoms with E-state index in [1.807, 2.05) is 10.7 Å². The van der Waals surface area contributed by atoms with Crippen LogP contribution in [0.2, 0.25) is 0 Å². The molecule has 246 valence electrons. The molecule has 2 aliphatic heterocycles. The molecule has 2 saturated heterocycles. The molecule has 3 aliphatic rings. The van der Waals surface area contributed by atoms with Crippen molar-refractivity contribution in [2.24, 2.45) is 0 Å². The summed E-state index contributed by atoms with van der Waals surface area (Å²) in [5.74, 6) is 1.50. The van der Waals surface area contributed by atoms with Crippen LogP contribution >= 0.6 is 0 Å². The van der Waals surface area contributed by atoms with Crippen molar-refractivity contribution in [3.05, 3.63) is 46.3 Å². The largest absolute Gasteiger partial charge is 1.00 e. The number of hydrogen-bond donors (Lipinski definition) is 1. The van der Waals surface area contributed by atoms with Gasteiger partial charge in [0.1, 0.15) is 28.9 Å². The predicted molar refractivity (Wildman–Crippen MR) is 166 cm³/mol. The quantitative estimate of drug-likeness (QED) is 0.232. The third-order valence-corrected chi connectivity index (χ3v) is 9.69. The van der Waals surface area contributed by atoms with Gasteiger partial charge in [-0.1, -0.05) is 0 Å². The fourth-order valence-electron chi connectivity index (χ4n) is 5.90. The topological polar surface area (TPSA) is 160 Å². The van der Waals surface area contributed by atoms with Crippen molar-refractivity contribution in [3.63, 3.8) is 0 Å². The minimum Gasteiger partial charge on any atom is -0.495 e. The van der Waals surface area contributed by atoms with E-state index in [4.69, 9.17) is 38.0 Å². The maximum absolute atomic E-state index is 13.7. The monoisotopic (exact) mass is 677 g/mol. The second kappa shape index (κ2) is 14.2. The van der Waals surface area contributed by atoms with Gasteiger partial charge in [-0.3, -0.25) is 5.16 Å². The number of benzene rings is 2. The Bertz CT molecular complexity index is 1810. The molecule has 2 aromatic carbocycles. The zero-order valence-electron chi connectivity index (χ0n) is 26.9. The first-order valence-electron chi connectivity index (χ1n) is 15.3. The number of hydrogen-bond acceptors (Lipinski definition) is 12. The van der Waals surface area contributed by atoms with Crippen molar-refractivity contribution in [3.8, 4) is 17.2 Å². The summed E-state index contributed by atoms with van der Waals surface area (Å²) >= 11 is 0. The van der Waals surface area contributed by atoms with E-state index in [9.17, 15) is 8.42 Å². The molecule has 1 saturated carbocycles. The molecule has 0 amide bonds. The van der Waals surface area contributed by atoms with Crippen LogP contribution in [0.4, 0.5) is 17.3 Å². The van der Waals surface area contributed by atoms with E-state index in [0.29, 0.717) is 59.5 Å². The minimum atomic E-state index is -4.40. The Labute approximate surface area is 294 Å². The van der Waals surface area contributed by atoms with Crippen LogP contribution < -0.4 is 49.1 Å². The molecule has 1 aliphatic carbocycles. The van der Waals surface area contributed by atoms with Gasteiger partial charge in [-0.05, 0) is 61.7 Å². The summed E-state index contributed by atoms with van der Waals surface area (Å²) in [6.45, 7) is 1.97. The van der Waals surface area contributed by atoms with Gasteiger partial charge in [-0.25, -0.2) is 13.1 Å². The van der Waals surface area contributed by atoms with Crippen LogP contribution in [0, 0.1) is 0 Å². The van der Waals surface area contributed by atoms with Crippen LogP contribution in [0.5, 0.6) is 17.2 Å². The number of anilines is 2. The van der Waals surface area contributed by atoms with E-state index in [2.05, 4.69) is 15.2 Å². The fraction of sp³-hybridized carbons (Fsp3) is 0.484. The Morgan fingerprint density at radius 1 is 0.915 bits per heavy atom. The first kappa shape index (κ1) is 33.8. The maximum Gasteiger partial charge on any atom is 1.00 e. The normalized spacial score (nSPS) is 20.0. The van der Waals surface area contributed by atoms with E-state index >= 15 is 0 Å². The SMILES string of the molecule is COc1cc2c([N-]S(=O)(=O)c3c(OC)cc([C@H]4COCCO4)cc3OC)noc2cc1Nc1cc(C2CC2)n(C2CCCCO2)n1.[Na+]. The van der Waals surface area contributed by atoms with Gasteiger partial charge in [0.25, 0.3) is 0 Å². The molecular formula is C31H36N5NaO9S. The Kier molecular flexibility index (Phi) is 10.2. The summed E-state index contributed by atoms with van der Waals surface area (Å²) in [4.78, 5) is -0.247. The van der Waals surface area contributed by atoms with Crippen LogP contribution in [0.3, 0.4) is 0 Å². The third kappa shape index (κ3) is 6.93. The van der Waals surface area contributed by atoms with Gasteiger partial charge in [0, 0.05) is 35.7 Å². The molecule has 0 radical (unpaired) electrons. The van der Waals surface area contributed by atoms with Gasteiger partial charge < -0.3 is 43.0 Å². The predicted octanol–water partition coefficient (Wildman–Crippen LogP) is 2.86. The zero-order chi connectivity index (χ0) is 31.8. The van der Waals surface area contributed by atoms with Crippen molar-refractivity contribution in [2.75, 3.05) is 53.1 Å². The first-order chi connectivity index (χ1) is 22.4. The van der Waals surface area contributed by atoms with Gasteiger partial charge >= 0.3 is 29.6 Å². The molecule has 2 atom stereocenters. The molecule has 0 spiro atoms. The Morgan fingerprint density at radius 3 is 2.32 bits per heavy atom. The second-order valence-electron chi connectivity index (χ2n) is 11.4. The van der Waals surface area contributed by atoms with Gasteiger partial charge in [0.2, 0.25) is 10.0 Å². The number of aromatic nitrogens is 3. The molecule has 3 fully saturated rings. The van der Waals surface area contributed by atoms with E-state index in [-0.39, 0.29) is 58.0 Å². The molecule has 2 aromatic heterocycles. The second-order valence-corrected chi connectivity index (χ2v) is 13.0. The molecule has 4 aromatic rings.